The zero-order valence-corrected chi connectivity index (χ0v) is 21.6. The Kier molecular flexibility index (Phi) is 7.86. The zero-order chi connectivity index (χ0) is 28.5. The molecule has 2 aromatic rings. The standard InChI is InChI=1S/C21H18F3N5O8S2/c1-8-11(37-20(33)36-8)5-35-18(32)14-9(3-4-21(22,23)24)6-38-17-13(16(31)29(14)17)27-15(30)12(28-34-2)10-7-39-19(25)26-10/h3-4,7,13,17H,5-6H2,1-2H3,(H2,25,26)(H,27,30)/t13?,17-/m0/s1. The minimum atomic E-state index is -4.69. The number of thiazole rings is 1. The average Bonchev–Trinajstić information content (AvgIpc) is 3.45. The minimum Gasteiger partial charge on any atom is -0.453 e. The molecule has 2 amide bonds. The number of oxime groups is 1. The van der Waals surface area contributed by atoms with Crippen molar-refractivity contribution >= 4 is 51.7 Å². The molecule has 3 N–H and O–H groups in total. The number of ether oxygens (including phenoxy) is 1. The average molecular weight is 590 g/mol. The number of hydrogen-bond donors (Lipinski definition) is 2. The Hall–Kier alpha value is -4.06. The van der Waals surface area contributed by atoms with E-state index in [4.69, 9.17) is 19.7 Å². The highest BCUT2D eigenvalue weighted by atomic mass is 32.2. The van der Waals surface area contributed by atoms with Gasteiger partial charge in [0.15, 0.2) is 29.0 Å². The molecule has 0 spiro atoms. The third-order valence-corrected chi connectivity index (χ3v) is 7.26. The number of nitrogen functional groups attached to an aromatic ring is 1. The molecule has 39 heavy (non-hydrogen) atoms. The largest absolute Gasteiger partial charge is 0.519 e. The number of carbonyl (C=O) groups excluding carboxylic acids is 3. The fraction of sp³-hybridized carbons (Fsp3) is 0.333. The molecule has 4 rings (SSSR count). The van der Waals surface area contributed by atoms with E-state index in [2.05, 4.69) is 19.9 Å². The number of aryl methyl sites for hydroxylation is 1. The van der Waals surface area contributed by atoms with Crippen molar-refractivity contribution in [3.63, 3.8) is 0 Å². The highest BCUT2D eigenvalue weighted by Crippen LogP contribution is 2.41. The highest BCUT2D eigenvalue weighted by molar-refractivity contribution is 8.00. The number of esters is 1. The first-order chi connectivity index (χ1) is 18.4. The number of amides is 2. The van der Waals surface area contributed by atoms with Crippen molar-refractivity contribution in [2.24, 2.45) is 5.16 Å². The van der Waals surface area contributed by atoms with E-state index in [1.54, 1.807) is 0 Å². The summed E-state index contributed by atoms with van der Waals surface area (Å²) in [5, 5.41) is 6.88. The van der Waals surface area contributed by atoms with Gasteiger partial charge in [0.2, 0.25) is 0 Å². The van der Waals surface area contributed by atoms with Gasteiger partial charge in [-0.25, -0.2) is 14.6 Å². The molecular weight excluding hydrogens is 571 g/mol. The van der Waals surface area contributed by atoms with Crippen molar-refractivity contribution in [1.29, 1.82) is 0 Å². The Bertz CT molecular complexity index is 1460. The first-order valence-corrected chi connectivity index (χ1v) is 12.7. The van der Waals surface area contributed by atoms with E-state index in [0.29, 0.717) is 6.08 Å². The van der Waals surface area contributed by atoms with Gasteiger partial charge in [-0.2, -0.15) is 13.2 Å². The maximum atomic E-state index is 13.1. The number of nitrogens with one attached hydrogen (secondary N) is 1. The van der Waals surface area contributed by atoms with Crippen molar-refractivity contribution in [2.75, 3.05) is 18.6 Å². The number of anilines is 1. The molecule has 18 heteroatoms. The van der Waals surface area contributed by atoms with Gasteiger partial charge >= 0.3 is 18.0 Å². The number of fused-ring (bicyclic) bond motifs is 1. The molecule has 1 unspecified atom stereocenters. The number of β-lactam (4-membered cyclic amide) rings is 1. The Morgan fingerprint density at radius 3 is 2.69 bits per heavy atom. The summed E-state index contributed by atoms with van der Waals surface area (Å²) >= 11 is 2.06. The monoisotopic (exact) mass is 589 g/mol. The quantitative estimate of drug-likeness (QED) is 0.197. The van der Waals surface area contributed by atoms with Crippen LogP contribution in [0.2, 0.25) is 0 Å². The Balaban J connectivity index is 1.57. The molecule has 0 aromatic carbocycles. The van der Waals surface area contributed by atoms with E-state index in [0.717, 1.165) is 28.0 Å². The maximum absolute atomic E-state index is 13.1. The van der Waals surface area contributed by atoms with Crippen molar-refractivity contribution < 1.29 is 46.0 Å². The van der Waals surface area contributed by atoms with Gasteiger partial charge in [-0.05, 0) is 12.5 Å². The molecule has 0 aliphatic carbocycles. The van der Waals surface area contributed by atoms with Gasteiger partial charge in [-0.15, -0.1) is 23.1 Å². The molecule has 2 aliphatic heterocycles. The lowest BCUT2D eigenvalue weighted by Crippen LogP contribution is -2.71. The molecule has 0 bridgehead atoms. The Morgan fingerprint density at radius 1 is 1.36 bits per heavy atom. The molecule has 1 fully saturated rings. The summed E-state index contributed by atoms with van der Waals surface area (Å²) in [7, 11) is 1.20. The fourth-order valence-electron chi connectivity index (χ4n) is 3.56. The summed E-state index contributed by atoms with van der Waals surface area (Å²) in [4.78, 5) is 59.8. The van der Waals surface area contributed by atoms with Crippen LogP contribution in [0.1, 0.15) is 17.2 Å². The van der Waals surface area contributed by atoms with Crippen LogP contribution in [0, 0.1) is 6.92 Å². The summed E-state index contributed by atoms with van der Waals surface area (Å²) in [6, 6.07) is -1.16. The van der Waals surface area contributed by atoms with E-state index in [1.807, 2.05) is 0 Å². The van der Waals surface area contributed by atoms with E-state index < -0.39 is 53.5 Å². The second-order valence-corrected chi connectivity index (χ2v) is 9.81. The number of aromatic nitrogens is 1. The first kappa shape index (κ1) is 28.0. The van der Waals surface area contributed by atoms with Gasteiger partial charge in [0.25, 0.3) is 11.8 Å². The van der Waals surface area contributed by atoms with Crippen LogP contribution in [0.3, 0.4) is 0 Å². The SMILES string of the molecule is CON=C(C(=O)NC1C(=O)N2C(C(=O)OCc3oc(=O)oc3C)=C(C=CC(F)(F)F)CS[C@@H]12)c1csc(N)n1. The van der Waals surface area contributed by atoms with Crippen LogP contribution < -0.4 is 16.9 Å². The highest BCUT2D eigenvalue weighted by Gasteiger charge is 2.54. The molecule has 208 valence electrons. The van der Waals surface area contributed by atoms with Crippen LogP contribution in [-0.4, -0.2) is 63.8 Å². The predicted molar refractivity (Wildman–Crippen MR) is 129 cm³/mol. The van der Waals surface area contributed by atoms with Crippen LogP contribution in [0.15, 0.2) is 47.6 Å². The predicted octanol–water partition coefficient (Wildman–Crippen LogP) is 1.45. The fourth-order valence-corrected chi connectivity index (χ4v) is 5.43. The number of nitrogens with two attached hydrogens (primary N) is 1. The normalized spacial score (nSPS) is 19.7. The number of halogens is 3. The van der Waals surface area contributed by atoms with Crippen LogP contribution in [0.5, 0.6) is 0 Å². The van der Waals surface area contributed by atoms with Crippen molar-refractivity contribution in [3.8, 4) is 0 Å². The van der Waals surface area contributed by atoms with E-state index >= 15 is 0 Å². The van der Waals surface area contributed by atoms with Gasteiger partial charge in [0, 0.05) is 17.2 Å². The Labute approximate surface area is 224 Å². The molecular formula is C21H18F3N5O8S2. The summed E-state index contributed by atoms with van der Waals surface area (Å²) in [5.74, 6) is -4.01. The smallest absolute Gasteiger partial charge is 0.453 e. The lowest BCUT2D eigenvalue weighted by molar-refractivity contribution is -0.153. The van der Waals surface area contributed by atoms with Crippen molar-refractivity contribution in [2.45, 2.75) is 31.1 Å². The number of nitrogens with zero attached hydrogens (tertiary/aromatic N) is 3. The molecule has 1 saturated heterocycles. The molecule has 0 saturated carbocycles. The molecule has 0 radical (unpaired) electrons. The number of thioether (sulfide) groups is 1. The van der Waals surface area contributed by atoms with E-state index in [1.165, 1.54) is 19.4 Å². The molecule has 4 heterocycles. The lowest BCUT2D eigenvalue weighted by Gasteiger charge is -2.49. The van der Waals surface area contributed by atoms with Gasteiger partial charge in [-0.3, -0.25) is 14.5 Å². The van der Waals surface area contributed by atoms with Crippen LogP contribution in [-0.2, 0) is 30.6 Å². The number of carbonyl (C=O) groups is 3. The van der Waals surface area contributed by atoms with E-state index in [9.17, 15) is 32.3 Å². The zero-order valence-electron chi connectivity index (χ0n) is 19.9. The summed E-state index contributed by atoms with van der Waals surface area (Å²) < 4.78 is 53.1. The van der Waals surface area contributed by atoms with Gasteiger partial charge in [0.1, 0.15) is 29.9 Å². The molecule has 2 aliphatic rings. The number of hydrogen-bond acceptors (Lipinski definition) is 13. The second kappa shape index (κ2) is 11.0. The number of allylic oxidation sites excluding steroid dienone is 2. The summed E-state index contributed by atoms with van der Waals surface area (Å²) in [5.41, 5.74) is 4.85. The topological polar surface area (TPSA) is 180 Å². The molecule has 2 aromatic heterocycles. The van der Waals surface area contributed by atoms with Gasteiger partial charge in [0.05, 0.1) is 0 Å². The number of rotatable bonds is 8. The summed E-state index contributed by atoms with van der Waals surface area (Å²) in [6.07, 6.45) is -4.10. The molecule has 2 atom stereocenters. The van der Waals surface area contributed by atoms with Crippen LogP contribution >= 0.6 is 23.1 Å². The van der Waals surface area contributed by atoms with Crippen molar-refractivity contribution in [1.82, 2.24) is 15.2 Å². The molecule has 13 nitrogen and oxygen atoms in total. The van der Waals surface area contributed by atoms with Gasteiger partial charge in [-0.1, -0.05) is 11.2 Å². The van der Waals surface area contributed by atoms with Crippen LogP contribution in [0.25, 0.3) is 0 Å². The Morgan fingerprint density at radius 2 is 2.10 bits per heavy atom. The van der Waals surface area contributed by atoms with Gasteiger partial charge < -0.3 is 29.5 Å². The third kappa shape index (κ3) is 6.00. The second-order valence-electron chi connectivity index (χ2n) is 7.81. The summed E-state index contributed by atoms with van der Waals surface area (Å²) in [6.45, 7) is 0.801. The minimum absolute atomic E-state index is 0.0363. The van der Waals surface area contributed by atoms with E-state index in [-0.39, 0.29) is 45.5 Å². The van der Waals surface area contributed by atoms with Crippen molar-refractivity contribution in [3.05, 3.63) is 56.6 Å². The van der Waals surface area contributed by atoms with Crippen LogP contribution in [0.4, 0.5) is 18.3 Å². The third-order valence-electron chi connectivity index (χ3n) is 5.28. The first-order valence-electron chi connectivity index (χ1n) is 10.7. The maximum Gasteiger partial charge on any atom is 0.519 e. The lowest BCUT2D eigenvalue weighted by atomic mass is 10.0. The number of alkyl halides is 3.